The SMILES string of the molecule is C=C(C)N(C)CN(C)C(=C)N(C)C. The highest BCUT2D eigenvalue weighted by atomic mass is 15.4. The van der Waals surface area contributed by atoms with Crippen LogP contribution in [0, 0.1) is 0 Å². The van der Waals surface area contributed by atoms with Crippen molar-refractivity contribution in [2.75, 3.05) is 34.9 Å². The summed E-state index contributed by atoms with van der Waals surface area (Å²) in [5.41, 5.74) is 1.05. The van der Waals surface area contributed by atoms with Gasteiger partial charge in [-0.3, -0.25) is 0 Å². The molecule has 0 aromatic rings. The van der Waals surface area contributed by atoms with E-state index in [4.69, 9.17) is 0 Å². The number of nitrogens with zero attached hydrogens (tertiary/aromatic N) is 3. The van der Waals surface area contributed by atoms with Crippen molar-refractivity contribution >= 4 is 0 Å². The van der Waals surface area contributed by atoms with E-state index in [0.29, 0.717) is 0 Å². The maximum Gasteiger partial charge on any atom is 0.0971 e. The lowest BCUT2D eigenvalue weighted by Gasteiger charge is -2.31. The molecule has 76 valence electrons. The number of hydrogen-bond acceptors (Lipinski definition) is 3. The average Bonchev–Trinajstić information content (AvgIpc) is 2.02. The third-order valence-electron chi connectivity index (χ3n) is 2.03. The average molecular weight is 183 g/mol. The molecule has 0 rings (SSSR count). The fourth-order valence-corrected chi connectivity index (χ4v) is 0.862. The van der Waals surface area contributed by atoms with E-state index in [1.54, 1.807) is 0 Å². The summed E-state index contributed by atoms with van der Waals surface area (Å²) in [5.74, 6) is 0.994. The second-order valence-corrected chi connectivity index (χ2v) is 3.58. The summed E-state index contributed by atoms with van der Waals surface area (Å²) in [7, 11) is 8.00. The van der Waals surface area contributed by atoms with Crippen LogP contribution in [0.4, 0.5) is 0 Å². The summed E-state index contributed by atoms with van der Waals surface area (Å²) in [6.45, 7) is 10.6. The standard InChI is InChI=1S/C10H21N3/c1-9(2)12(6)8-13(7)10(3)11(4)5/h1,3,8H2,2,4-7H3. The molecule has 0 atom stereocenters. The Morgan fingerprint density at radius 3 is 1.77 bits per heavy atom. The first-order valence-corrected chi connectivity index (χ1v) is 4.30. The van der Waals surface area contributed by atoms with Crippen molar-refractivity contribution in [1.82, 2.24) is 14.7 Å². The third kappa shape index (κ3) is 3.87. The molecule has 13 heavy (non-hydrogen) atoms. The zero-order chi connectivity index (χ0) is 10.6. The minimum atomic E-state index is 0.812. The summed E-state index contributed by atoms with van der Waals surface area (Å²) >= 11 is 0. The first kappa shape index (κ1) is 11.9. The lowest BCUT2D eigenvalue weighted by atomic mass is 10.5. The maximum absolute atomic E-state index is 3.96. The highest BCUT2D eigenvalue weighted by Gasteiger charge is 2.05. The quantitative estimate of drug-likeness (QED) is 0.596. The van der Waals surface area contributed by atoms with E-state index in [9.17, 15) is 0 Å². The molecule has 0 aliphatic carbocycles. The molecule has 0 aromatic carbocycles. The van der Waals surface area contributed by atoms with E-state index < -0.39 is 0 Å². The van der Waals surface area contributed by atoms with Gasteiger partial charge in [-0.1, -0.05) is 13.2 Å². The van der Waals surface area contributed by atoms with Crippen molar-refractivity contribution in [3.63, 3.8) is 0 Å². The predicted octanol–water partition coefficient (Wildman–Crippen LogP) is 1.37. The lowest BCUT2D eigenvalue weighted by Crippen LogP contribution is -2.35. The van der Waals surface area contributed by atoms with Crippen LogP contribution in [-0.4, -0.2) is 49.6 Å². The molecule has 0 unspecified atom stereocenters. The van der Waals surface area contributed by atoms with Crippen LogP contribution in [0.3, 0.4) is 0 Å². The van der Waals surface area contributed by atoms with Gasteiger partial charge in [0.25, 0.3) is 0 Å². The molecule has 3 nitrogen and oxygen atoms in total. The first-order valence-electron chi connectivity index (χ1n) is 4.30. The molecule has 0 N–H and O–H groups in total. The van der Waals surface area contributed by atoms with Crippen LogP contribution in [0.15, 0.2) is 24.7 Å². The molecule has 0 fully saturated rings. The van der Waals surface area contributed by atoms with Crippen molar-refractivity contribution < 1.29 is 0 Å². The summed E-state index contributed by atoms with van der Waals surface area (Å²) in [4.78, 5) is 6.15. The van der Waals surface area contributed by atoms with Gasteiger partial charge in [-0.05, 0) is 6.92 Å². The molecule has 0 saturated heterocycles. The summed E-state index contributed by atoms with van der Waals surface area (Å²) < 4.78 is 0. The molecule has 3 heteroatoms. The van der Waals surface area contributed by atoms with Crippen molar-refractivity contribution in [3.05, 3.63) is 24.7 Å². The van der Waals surface area contributed by atoms with Crippen LogP contribution in [0.1, 0.15) is 6.92 Å². The second kappa shape index (κ2) is 4.80. The minimum Gasteiger partial charge on any atom is -0.365 e. The van der Waals surface area contributed by atoms with Crippen LogP contribution in [0.2, 0.25) is 0 Å². The Morgan fingerprint density at radius 2 is 1.46 bits per heavy atom. The molecule has 0 heterocycles. The molecule has 0 aromatic heterocycles. The van der Waals surface area contributed by atoms with Gasteiger partial charge in [0, 0.05) is 33.9 Å². The van der Waals surface area contributed by atoms with Crippen molar-refractivity contribution in [2.24, 2.45) is 0 Å². The minimum absolute atomic E-state index is 0.812. The number of allylic oxidation sites excluding steroid dienone is 1. The molecule has 0 bridgehead atoms. The molecule has 0 amide bonds. The highest BCUT2D eigenvalue weighted by molar-refractivity contribution is 4.92. The Kier molecular flexibility index (Phi) is 4.38. The monoisotopic (exact) mass is 183 g/mol. The lowest BCUT2D eigenvalue weighted by molar-refractivity contribution is 0.213. The summed E-state index contributed by atoms with van der Waals surface area (Å²) in [6.07, 6.45) is 0. The van der Waals surface area contributed by atoms with Crippen molar-refractivity contribution in [1.29, 1.82) is 0 Å². The summed E-state index contributed by atoms with van der Waals surface area (Å²) in [6, 6.07) is 0. The zero-order valence-corrected chi connectivity index (χ0v) is 9.46. The molecular formula is C10H21N3. The van der Waals surface area contributed by atoms with E-state index in [1.165, 1.54) is 0 Å². The molecule has 0 radical (unpaired) electrons. The fraction of sp³-hybridized carbons (Fsp3) is 0.600. The van der Waals surface area contributed by atoms with E-state index in [0.717, 1.165) is 18.2 Å². The molecule has 0 aliphatic heterocycles. The Hall–Kier alpha value is -1.12. The van der Waals surface area contributed by atoms with E-state index in [-0.39, 0.29) is 0 Å². The Labute approximate surface area is 81.9 Å². The Bertz CT molecular complexity index is 196. The normalized spacial score (nSPS) is 9.31. The number of hydrogen-bond donors (Lipinski definition) is 0. The maximum atomic E-state index is 3.96. The molecule has 0 aliphatic rings. The molecular weight excluding hydrogens is 162 g/mol. The van der Waals surface area contributed by atoms with E-state index in [2.05, 4.69) is 23.0 Å². The number of rotatable bonds is 5. The van der Waals surface area contributed by atoms with Crippen LogP contribution < -0.4 is 0 Å². The predicted molar refractivity (Wildman–Crippen MR) is 58.0 cm³/mol. The van der Waals surface area contributed by atoms with Crippen molar-refractivity contribution in [3.8, 4) is 0 Å². The van der Waals surface area contributed by atoms with Gasteiger partial charge in [0.05, 0.1) is 12.5 Å². The topological polar surface area (TPSA) is 9.72 Å². The molecule has 0 spiro atoms. The van der Waals surface area contributed by atoms with Gasteiger partial charge in [-0.25, -0.2) is 0 Å². The Morgan fingerprint density at radius 1 is 1.00 bits per heavy atom. The largest absolute Gasteiger partial charge is 0.365 e. The van der Waals surface area contributed by atoms with Gasteiger partial charge in [0.15, 0.2) is 0 Å². The fourth-order valence-electron chi connectivity index (χ4n) is 0.862. The van der Waals surface area contributed by atoms with Gasteiger partial charge in [-0.15, -0.1) is 0 Å². The first-order chi connectivity index (χ1) is 5.86. The van der Waals surface area contributed by atoms with E-state index in [1.807, 2.05) is 40.0 Å². The molecule has 0 saturated carbocycles. The van der Waals surface area contributed by atoms with Crippen LogP contribution in [0.25, 0.3) is 0 Å². The van der Waals surface area contributed by atoms with Gasteiger partial charge >= 0.3 is 0 Å². The van der Waals surface area contributed by atoms with Crippen LogP contribution in [0.5, 0.6) is 0 Å². The third-order valence-corrected chi connectivity index (χ3v) is 2.03. The highest BCUT2D eigenvalue weighted by Crippen LogP contribution is 2.04. The van der Waals surface area contributed by atoms with Gasteiger partial charge in [-0.2, -0.15) is 0 Å². The van der Waals surface area contributed by atoms with Crippen molar-refractivity contribution in [2.45, 2.75) is 6.92 Å². The Balaban J connectivity index is 4.07. The van der Waals surface area contributed by atoms with E-state index >= 15 is 0 Å². The smallest absolute Gasteiger partial charge is 0.0971 e. The van der Waals surface area contributed by atoms with Gasteiger partial charge < -0.3 is 14.7 Å². The second-order valence-electron chi connectivity index (χ2n) is 3.58. The van der Waals surface area contributed by atoms with Gasteiger partial charge in [0.1, 0.15) is 0 Å². The zero-order valence-electron chi connectivity index (χ0n) is 9.46. The van der Waals surface area contributed by atoms with Crippen LogP contribution >= 0.6 is 0 Å². The summed E-state index contributed by atoms with van der Waals surface area (Å²) in [5, 5.41) is 0. The van der Waals surface area contributed by atoms with Crippen LogP contribution in [-0.2, 0) is 0 Å². The van der Waals surface area contributed by atoms with Gasteiger partial charge in [0.2, 0.25) is 0 Å².